The third kappa shape index (κ3) is 4.12. The maximum absolute atomic E-state index is 5.49. The Labute approximate surface area is 151 Å². The van der Waals surface area contributed by atoms with Crippen LogP contribution in [0.2, 0.25) is 0 Å². The molecule has 0 saturated carbocycles. The number of furan rings is 1. The average molecular weight is 361 g/mol. The minimum atomic E-state index is -0.128. The normalized spacial score (nSPS) is 12.2. The minimum Gasteiger partial charge on any atom is -0.461 e. The molecule has 0 saturated heterocycles. The predicted molar refractivity (Wildman–Crippen MR) is 95.1 cm³/mol. The molecule has 134 valence electrons. The van der Waals surface area contributed by atoms with E-state index in [9.17, 15) is 0 Å². The summed E-state index contributed by atoms with van der Waals surface area (Å²) in [6.45, 7) is 11.3. The van der Waals surface area contributed by atoms with Crippen LogP contribution in [0.1, 0.15) is 46.3 Å². The Morgan fingerprint density at radius 2 is 2.04 bits per heavy atom. The number of nitrogens with zero attached hydrogens (tertiary/aromatic N) is 5. The van der Waals surface area contributed by atoms with Crippen LogP contribution >= 0.6 is 11.8 Å². The van der Waals surface area contributed by atoms with E-state index in [4.69, 9.17) is 8.94 Å². The molecule has 3 rings (SSSR count). The van der Waals surface area contributed by atoms with E-state index in [-0.39, 0.29) is 5.41 Å². The first-order valence-electron chi connectivity index (χ1n) is 8.27. The second-order valence-electron chi connectivity index (χ2n) is 7.34. The van der Waals surface area contributed by atoms with Gasteiger partial charge in [0, 0.05) is 12.0 Å². The first-order valence-corrected chi connectivity index (χ1v) is 9.26. The van der Waals surface area contributed by atoms with Crippen LogP contribution in [0.3, 0.4) is 0 Å². The molecule has 3 aromatic heterocycles. The maximum Gasteiger partial charge on any atom is 0.237 e. The van der Waals surface area contributed by atoms with Gasteiger partial charge in [0.25, 0.3) is 0 Å². The number of hydrogen-bond acceptors (Lipinski definition) is 7. The summed E-state index contributed by atoms with van der Waals surface area (Å²) in [6, 6.07) is 3.74. The van der Waals surface area contributed by atoms with Crippen LogP contribution in [0.4, 0.5) is 0 Å². The third-order valence-corrected chi connectivity index (χ3v) is 4.42. The highest BCUT2D eigenvalue weighted by atomic mass is 32.2. The summed E-state index contributed by atoms with van der Waals surface area (Å²) in [6.07, 6.45) is 1.64. The van der Waals surface area contributed by atoms with Gasteiger partial charge in [-0.3, -0.25) is 4.57 Å². The van der Waals surface area contributed by atoms with Crippen molar-refractivity contribution in [1.29, 1.82) is 0 Å². The van der Waals surface area contributed by atoms with E-state index >= 15 is 0 Å². The molecular formula is C17H23N5O2S. The van der Waals surface area contributed by atoms with Gasteiger partial charge < -0.3 is 8.94 Å². The Bertz CT molecular complexity index is 815. The molecule has 0 aliphatic rings. The van der Waals surface area contributed by atoms with Crippen molar-refractivity contribution in [2.75, 3.05) is 0 Å². The molecule has 0 fully saturated rings. The molecule has 3 aromatic rings. The Hall–Kier alpha value is -2.09. The largest absolute Gasteiger partial charge is 0.461 e. The first-order chi connectivity index (χ1) is 11.8. The van der Waals surface area contributed by atoms with Crippen LogP contribution in [0.5, 0.6) is 0 Å². The van der Waals surface area contributed by atoms with Gasteiger partial charge in [0.05, 0.1) is 12.0 Å². The average Bonchev–Trinajstić information content (AvgIpc) is 3.24. The molecule has 0 aromatic carbocycles. The van der Waals surface area contributed by atoms with E-state index in [1.807, 2.05) is 12.1 Å². The fraction of sp³-hybridized carbons (Fsp3) is 0.529. The zero-order valence-corrected chi connectivity index (χ0v) is 16.0. The van der Waals surface area contributed by atoms with E-state index in [2.05, 4.69) is 59.5 Å². The summed E-state index contributed by atoms with van der Waals surface area (Å²) in [5.41, 5.74) is -0.128. The van der Waals surface area contributed by atoms with Gasteiger partial charge in [-0.25, -0.2) is 0 Å². The lowest BCUT2D eigenvalue weighted by Gasteiger charge is -2.11. The van der Waals surface area contributed by atoms with Crippen LogP contribution in [-0.4, -0.2) is 24.9 Å². The molecule has 25 heavy (non-hydrogen) atoms. The summed E-state index contributed by atoms with van der Waals surface area (Å²) < 4.78 is 12.9. The quantitative estimate of drug-likeness (QED) is 0.609. The highest BCUT2D eigenvalue weighted by Crippen LogP contribution is 2.28. The molecule has 0 aliphatic carbocycles. The molecule has 0 atom stereocenters. The lowest BCUT2D eigenvalue weighted by Crippen LogP contribution is -2.13. The van der Waals surface area contributed by atoms with E-state index in [1.165, 1.54) is 11.8 Å². The molecule has 0 N–H and O–H groups in total. The zero-order chi connectivity index (χ0) is 18.0. The SMILES string of the molecule is CC(C)Cn1c(SCc2nc(C(C)(C)C)no2)nnc1-c1ccco1. The molecule has 3 heterocycles. The molecule has 0 unspecified atom stereocenters. The molecule has 0 bridgehead atoms. The summed E-state index contributed by atoms with van der Waals surface area (Å²) in [5, 5.41) is 13.5. The number of aromatic nitrogens is 5. The first kappa shape index (κ1) is 17.7. The molecule has 0 aliphatic heterocycles. The van der Waals surface area contributed by atoms with Crippen LogP contribution in [0.25, 0.3) is 11.6 Å². The van der Waals surface area contributed by atoms with E-state index in [0.717, 1.165) is 17.5 Å². The van der Waals surface area contributed by atoms with Gasteiger partial charge in [-0.1, -0.05) is 51.5 Å². The maximum atomic E-state index is 5.49. The number of rotatable bonds is 6. The van der Waals surface area contributed by atoms with Crippen LogP contribution < -0.4 is 0 Å². The van der Waals surface area contributed by atoms with E-state index in [0.29, 0.717) is 29.1 Å². The van der Waals surface area contributed by atoms with E-state index in [1.54, 1.807) is 6.26 Å². The lowest BCUT2D eigenvalue weighted by molar-refractivity contribution is 0.372. The molecule has 0 radical (unpaired) electrons. The number of thioether (sulfide) groups is 1. The lowest BCUT2D eigenvalue weighted by atomic mass is 9.96. The van der Waals surface area contributed by atoms with Crippen molar-refractivity contribution < 1.29 is 8.94 Å². The molecule has 8 heteroatoms. The molecule has 0 spiro atoms. The summed E-state index contributed by atoms with van der Waals surface area (Å²) in [5.74, 6) is 3.77. The second kappa shape index (κ2) is 7.03. The number of hydrogen-bond donors (Lipinski definition) is 0. The fourth-order valence-corrected chi connectivity index (χ4v) is 3.04. The second-order valence-corrected chi connectivity index (χ2v) is 8.28. The summed E-state index contributed by atoms with van der Waals surface area (Å²) in [7, 11) is 0. The summed E-state index contributed by atoms with van der Waals surface area (Å²) >= 11 is 1.54. The van der Waals surface area contributed by atoms with Crippen molar-refractivity contribution in [1.82, 2.24) is 24.9 Å². The van der Waals surface area contributed by atoms with Gasteiger partial charge >= 0.3 is 0 Å². The van der Waals surface area contributed by atoms with Crippen LogP contribution in [0.15, 0.2) is 32.5 Å². The van der Waals surface area contributed by atoms with Crippen LogP contribution in [-0.2, 0) is 17.7 Å². The highest BCUT2D eigenvalue weighted by molar-refractivity contribution is 7.98. The monoisotopic (exact) mass is 361 g/mol. The van der Waals surface area contributed by atoms with Crippen molar-refractivity contribution in [2.24, 2.45) is 5.92 Å². The van der Waals surface area contributed by atoms with Crippen molar-refractivity contribution in [3.63, 3.8) is 0 Å². The molecular weight excluding hydrogens is 338 g/mol. The Morgan fingerprint density at radius 3 is 2.64 bits per heavy atom. The van der Waals surface area contributed by atoms with Gasteiger partial charge in [-0.15, -0.1) is 10.2 Å². The molecule has 7 nitrogen and oxygen atoms in total. The zero-order valence-electron chi connectivity index (χ0n) is 15.2. The van der Waals surface area contributed by atoms with Gasteiger partial charge in [0.15, 0.2) is 22.6 Å². The van der Waals surface area contributed by atoms with E-state index < -0.39 is 0 Å². The minimum absolute atomic E-state index is 0.128. The smallest absolute Gasteiger partial charge is 0.237 e. The van der Waals surface area contributed by atoms with Crippen molar-refractivity contribution >= 4 is 11.8 Å². The van der Waals surface area contributed by atoms with Gasteiger partial charge in [0.1, 0.15) is 0 Å². The predicted octanol–water partition coefficient (Wildman–Crippen LogP) is 4.17. The fourth-order valence-electron chi connectivity index (χ4n) is 2.26. The highest BCUT2D eigenvalue weighted by Gasteiger charge is 2.22. The Kier molecular flexibility index (Phi) is 4.99. The Balaban J connectivity index is 1.79. The summed E-state index contributed by atoms with van der Waals surface area (Å²) in [4.78, 5) is 4.47. The molecule has 0 amide bonds. The van der Waals surface area contributed by atoms with Crippen molar-refractivity contribution in [2.45, 2.75) is 57.5 Å². The van der Waals surface area contributed by atoms with Gasteiger partial charge in [-0.2, -0.15) is 4.98 Å². The standard InChI is InChI=1S/C17H23N5O2S/c1-11(2)9-22-14(12-7-6-8-23-12)19-20-16(22)25-10-13-18-15(21-24-13)17(3,4)5/h6-8,11H,9-10H2,1-5H3. The van der Waals surface area contributed by atoms with Crippen LogP contribution in [0, 0.1) is 5.92 Å². The van der Waals surface area contributed by atoms with Gasteiger partial charge in [-0.05, 0) is 18.1 Å². The van der Waals surface area contributed by atoms with Crippen molar-refractivity contribution in [3.8, 4) is 11.6 Å². The Morgan fingerprint density at radius 1 is 1.24 bits per heavy atom. The van der Waals surface area contributed by atoms with Gasteiger partial charge in [0.2, 0.25) is 5.89 Å². The third-order valence-electron chi connectivity index (χ3n) is 3.47. The van der Waals surface area contributed by atoms with Crippen molar-refractivity contribution in [3.05, 3.63) is 30.1 Å². The topological polar surface area (TPSA) is 82.8 Å².